The fourth-order valence-corrected chi connectivity index (χ4v) is 4.24. The number of hydrogen-bond donors (Lipinski definition) is 0. The largest absolute Gasteiger partial charge is 0.377 e. The number of imidazole rings is 1. The van der Waals surface area contributed by atoms with E-state index in [1.807, 2.05) is 18.5 Å². The van der Waals surface area contributed by atoms with Crippen molar-refractivity contribution >= 4 is 0 Å². The number of ether oxygens (including phenoxy) is 1. The maximum atomic E-state index is 13.4. The molecule has 2 aliphatic rings. The summed E-state index contributed by atoms with van der Waals surface area (Å²) in [6.07, 6.45) is 8.36. The van der Waals surface area contributed by atoms with Crippen LogP contribution >= 0.6 is 0 Å². The molecule has 0 aliphatic carbocycles. The minimum Gasteiger partial charge on any atom is -0.377 e. The van der Waals surface area contributed by atoms with E-state index in [1.54, 1.807) is 12.1 Å². The Morgan fingerprint density at radius 3 is 2.88 bits per heavy atom. The van der Waals surface area contributed by atoms with E-state index in [2.05, 4.69) is 21.5 Å². The molecule has 0 bridgehead atoms. The molecule has 4 nitrogen and oxygen atoms in total. The van der Waals surface area contributed by atoms with Crippen molar-refractivity contribution in [3.63, 3.8) is 0 Å². The van der Waals surface area contributed by atoms with Gasteiger partial charge in [0.15, 0.2) is 0 Å². The molecule has 1 aromatic heterocycles. The van der Waals surface area contributed by atoms with Crippen molar-refractivity contribution in [1.82, 2.24) is 14.5 Å². The predicted octanol–water partition coefficient (Wildman–Crippen LogP) is 3.17. The van der Waals surface area contributed by atoms with Gasteiger partial charge in [-0.1, -0.05) is 12.1 Å². The van der Waals surface area contributed by atoms with Crippen molar-refractivity contribution in [3.05, 3.63) is 53.9 Å². The van der Waals surface area contributed by atoms with E-state index < -0.39 is 0 Å². The predicted molar refractivity (Wildman–Crippen MR) is 94.6 cm³/mol. The van der Waals surface area contributed by atoms with Gasteiger partial charge in [0, 0.05) is 19.4 Å². The molecule has 2 aromatic rings. The molecule has 5 heteroatoms. The number of aryl methyl sites for hydroxylation is 1. The molecule has 1 spiro atoms. The molecule has 1 unspecified atom stereocenters. The highest BCUT2D eigenvalue weighted by molar-refractivity contribution is 5.17. The van der Waals surface area contributed by atoms with Crippen LogP contribution in [-0.2, 0) is 24.8 Å². The first-order chi connectivity index (χ1) is 12.1. The highest BCUT2D eigenvalue weighted by Crippen LogP contribution is 2.42. The van der Waals surface area contributed by atoms with Gasteiger partial charge in [-0.05, 0) is 61.9 Å². The molecule has 4 rings (SSSR count). The van der Waals surface area contributed by atoms with Crippen LogP contribution in [-0.4, -0.2) is 40.3 Å². The lowest BCUT2D eigenvalue weighted by Crippen LogP contribution is -2.40. The van der Waals surface area contributed by atoms with Crippen LogP contribution in [0.25, 0.3) is 0 Å². The Labute approximate surface area is 148 Å². The maximum absolute atomic E-state index is 13.4. The minimum atomic E-state index is -0.159. The third kappa shape index (κ3) is 3.77. The first-order valence-corrected chi connectivity index (χ1v) is 9.17. The summed E-state index contributed by atoms with van der Waals surface area (Å²) in [4.78, 5) is 6.92. The number of aromatic nitrogens is 2. The van der Waals surface area contributed by atoms with E-state index in [-0.39, 0.29) is 11.9 Å². The first kappa shape index (κ1) is 16.7. The molecule has 2 saturated heterocycles. The van der Waals surface area contributed by atoms with Crippen LogP contribution in [0.3, 0.4) is 0 Å². The molecule has 1 aromatic carbocycles. The van der Waals surface area contributed by atoms with Crippen LogP contribution < -0.4 is 0 Å². The monoisotopic (exact) mass is 343 g/mol. The number of benzene rings is 1. The minimum absolute atomic E-state index is 0.159. The zero-order valence-corrected chi connectivity index (χ0v) is 14.8. The van der Waals surface area contributed by atoms with Gasteiger partial charge in [-0.2, -0.15) is 0 Å². The fourth-order valence-electron chi connectivity index (χ4n) is 4.24. The average molecular weight is 343 g/mol. The number of piperidine rings is 1. The van der Waals surface area contributed by atoms with Gasteiger partial charge in [0.25, 0.3) is 0 Å². The zero-order valence-electron chi connectivity index (χ0n) is 14.8. The second kappa shape index (κ2) is 6.89. The first-order valence-electron chi connectivity index (χ1n) is 9.17. The topological polar surface area (TPSA) is 30.3 Å². The highest BCUT2D eigenvalue weighted by atomic mass is 19.1. The molecule has 0 saturated carbocycles. The summed E-state index contributed by atoms with van der Waals surface area (Å²) >= 11 is 0. The fraction of sp³-hybridized carbons (Fsp3) is 0.550. The Balaban J connectivity index is 1.30. The number of hydrogen-bond acceptors (Lipinski definition) is 3. The van der Waals surface area contributed by atoms with E-state index in [9.17, 15) is 4.39 Å². The summed E-state index contributed by atoms with van der Waals surface area (Å²) in [5.74, 6) is 0.968. The molecule has 2 fully saturated rings. The molecule has 0 radical (unpaired) electrons. The summed E-state index contributed by atoms with van der Waals surface area (Å²) in [5, 5.41) is 0. The van der Waals surface area contributed by atoms with Crippen LogP contribution in [0.5, 0.6) is 0 Å². The SMILES string of the molecule is Cn1ccnc1CN1CCC2(CC1)COC(Cc1cccc(F)c1)C2. The van der Waals surface area contributed by atoms with Gasteiger partial charge in [-0.25, -0.2) is 9.37 Å². The molecule has 0 amide bonds. The van der Waals surface area contributed by atoms with Crippen molar-refractivity contribution < 1.29 is 9.13 Å². The molecular weight excluding hydrogens is 317 g/mol. The lowest BCUT2D eigenvalue weighted by Gasteiger charge is -2.38. The second-order valence-electron chi connectivity index (χ2n) is 7.70. The molecule has 3 heterocycles. The van der Waals surface area contributed by atoms with E-state index in [0.29, 0.717) is 5.41 Å². The highest BCUT2D eigenvalue weighted by Gasteiger charge is 2.42. The van der Waals surface area contributed by atoms with Crippen molar-refractivity contribution in [3.8, 4) is 0 Å². The van der Waals surface area contributed by atoms with Crippen LogP contribution in [0.2, 0.25) is 0 Å². The number of rotatable bonds is 4. The lowest BCUT2D eigenvalue weighted by atomic mass is 9.76. The Morgan fingerprint density at radius 1 is 1.32 bits per heavy atom. The normalized spacial score (nSPS) is 23.4. The van der Waals surface area contributed by atoms with Gasteiger partial charge >= 0.3 is 0 Å². The average Bonchev–Trinajstić information content (AvgIpc) is 3.17. The molecule has 25 heavy (non-hydrogen) atoms. The second-order valence-corrected chi connectivity index (χ2v) is 7.70. The van der Waals surface area contributed by atoms with E-state index in [0.717, 1.165) is 50.5 Å². The van der Waals surface area contributed by atoms with Crippen LogP contribution in [0.15, 0.2) is 36.7 Å². The van der Waals surface area contributed by atoms with Crippen LogP contribution in [0.4, 0.5) is 4.39 Å². The van der Waals surface area contributed by atoms with E-state index >= 15 is 0 Å². The van der Waals surface area contributed by atoms with Gasteiger partial charge in [-0.3, -0.25) is 4.90 Å². The summed E-state index contributed by atoms with van der Waals surface area (Å²) in [7, 11) is 2.05. The third-order valence-electron chi connectivity index (χ3n) is 5.84. The molecular formula is C20H26FN3O. The molecule has 0 N–H and O–H groups in total. The Kier molecular flexibility index (Phi) is 4.61. The standard InChI is InChI=1S/C20H26FN3O/c1-23-10-7-22-19(23)14-24-8-5-20(6-9-24)13-18(25-15-20)12-16-3-2-4-17(21)11-16/h2-4,7,10-11,18H,5-6,8-9,12-15H2,1H3. The zero-order chi connectivity index (χ0) is 17.3. The van der Waals surface area contributed by atoms with Gasteiger partial charge in [0.2, 0.25) is 0 Å². The summed E-state index contributed by atoms with van der Waals surface area (Å²) in [5.41, 5.74) is 1.35. The molecule has 1 atom stereocenters. The molecule has 2 aliphatic heterocycles. The van der Waals surface area contributed by atoms with Crippen molar-refractivity contribution in [2.45, 2.75) is 38.3 Å². The van der Waals surface area contributed by atoms with Crippen LogP contribution in [0, 0.1) is 11.2 Å². The van der Waals surface area contributed by atoms with Crippen molar-refractivity contribution in [1.29, 1.82) is 0 Å². The van der Waals surface area contributed by atoms with E-state index in [1.165, 1.54) is 18.9 Å². The summed E-state index contributed by atoms with van der Waals surface area (Å²) in [6, 6.07) is 6.90. The summed E-state index contributed by atoms with van der Waals surface area (Å²) in [6.45, 7) is 3.97. The Morgan fingerprint density at radius 2 is 2.16 bits per heavy atom. The quantitative estimate of drug-likeness (QED) is 0.854. The van der Waals surface area contributed by atoms with Gasteiger partial charge in [0.1, 0.15) is 11.6 Å². The Hall–Kier alpha value is -1.72. The van der Waals surface area contributed by atoms with Crippen LogP contribution in [0.1, 0.15) is 30.7 Å². The van der Waals surface area contributed by atoms with E-state index in [4.69, 9.17) is 4.74 Å². The van der Waals surface area contributed by atoms with Gasteiger partial charge < -0.3 is 9.30 Å². The smallest absolute Gasteiger partial charge is 0.123 e. The maximum Gasteiger partial charge on any atom is 0.123 e. The van der Waals surface area contributed by atoms with Gasteiger partial charge in [-0.15, -0.1) is 0 Å². The number of likely N-dealkylation sites (tertiary alicyclic amines) is 1. The van der Waals surface area contributed by atoms with Crippen molar-refractivity contribution in [2.24, 2.45) is 12.5 Å². The van der Waals surface area contributed by atoms with Gasteiger partial charge in [0.05, 0.1) is 19.3 Å². The Bertz CT molecular complexity index is 721. The number of halogens is 1. The third-order valence-corrected chi connectivity index (χ3v) is 5.84. The molecule has 134 valence electrons. The summed E-state index contributed by atoms with van der Waals surface area (Å²) < 4.78 is 21.6. The van der Waals surface area contributed by atoms with Crippen molar-refractivity contribution in [2.75, 3.05) is 19.7 Å². The lowest BCUT2D eigenvalue weighted by molar-refractivity contribution is 0.0622. The number of nitrogens with zero attached hydrogens (tertiary/aromatic N) is 3.